The van der Waals surface area contributed by atoms with E-state index in [-0.39, 0.29) is 23.4 Å². The van der Waals surface area contributed by atoms with E-state index in [0.29, 0.717) is 42.3 Å². The van der Waals surface area contributed by atoms with E-state index in [1.165, 1.54) is 0 Å². The molecule has 0 spiro atoms. The second-order valence-electron chi connectivity index (χ2n) is 7.63. The number of aromatic nitrogens is 2. The van der Waals surface area contributed by atoms with Crippen LogP contribution in [0.1, 0.15) is 55.2 Å². The quantitative estimate of drug-likeness (QED) is 0.747. The summed E-state index contributed by atoms with van der Waals surface area (Å²) in [5.74, 6) is -0.392. The van der Waals surface area contributed by atoms with Crippen LogP contribution in [0, 0.1) is 0 Å². The average molecular weight is 418 g/mol. The van der Waals surface area contributed by atoms with Gasteiger partial charge in [-0.15, -0.1) is 0 Å². The second kappa shape index (κ2) is 7.91. The molecule has 4 rings (SSSR count). The smallest absolute Gasteiger partial charge is 0.274 e. The molecule has 1 unspecified atom stereocenters. The lowest BCUT2D eigenvalue weighted by Gasteiger charge is -2.26. The average Bonchev–Trinajstić information content (AvgIpc) is 3.10. The minimum absolute atomic E-state index is 0.119. The Morgan fingerprint density at radius 2 is 1.93 bits per heavy atom. The first-order valence-corrected chi connectivity index (χ1v) is 11.9. The number of hydrogen-bond acceptors (Lipinski definition) is 5. The Kier molecular flexibility index (Phi) is 5.48. The lowest BCUT2D eigenvalue weighted by Crippen LogP contribution is -2.41. The molecule has 1 amide bonds. The van der Waals surface area contributed by atoms with Gasteiger partial charge in [0.2, 0.25) is 0 Å². The van der Waals surface area contributed by atoms with Gasteiger partial charge in [0, 0.05) is 24.2 Å². The predicted molar refractivity (Wildman–Crippen MR) is 110 cm³/mol. The van der Waals surface area contributed by atoms with Gasteiger partial charge in [-0.2, -0.15) is 5.10 Å². The molecule has 7 nitrogen and oxygen atoms in total. The van der Waals surface area contributed by atoms with Gasteiger partial charge in [-0.25, -0.2) is 8.42 Å². The standard InChI is InChI=1S/C21H27N3O4S/c1-3-7-15(4-2)24-20-16-8-5-6-9-18(16)29(26,27)14-17(20)19(22-24)21(25)23-10-12-28-13-11-23/h5-6,8-9,15H,3-4,7,10-14H2,1-2H3. The molecule has 0 N–H and O–H groups in total. The number of carbonyl (C=O) groups is 1. The van der Waals surface area contributed by atoms with E-state index in [1.807, 2.05) is 16.8 Å². The summed E-state index contributed by atoms with van der Waals surface area (Å²) in [5, 5.41) is 4.74. The van der Waals surface area contributed by atoms with Crippen molar-refractivity contribution < 1.29 is 17.9 Å². The molecule has 0 radical (unpaired) electrons. The fourth-order valence-corrected chi connectivity index (χ4v) is 5.87. The number of hydrogen-bond donors (Lipinski definition) is 0. The molecule has 1 aromatic heterocycles. The molecule has 0 bridgehead atoms. The third-order valence-corrected chi connectivity index (χ3v) is 7.45. The maximum atomic E-state index is 13.3. The number of ether oxygens (including phenoxy) is 1. The zero-order valence-corrected chi connectivity index (χ0v) is 17.7. The zero-order valence-electron chi connectivity index (χ0n) is 16.9. The molecule has 8 heteroatoms. The zero-order chi connectivity index (χ0) is 20.6. The minimum Gasteiger partial charge on any atom is -0.378 e. The molecule has 1 aromatic carbocycles. The largest absolute Gasteiger partial charge is 0.378 e. The Morgan fingerprint density at radius 3 is 2.62 bits per heavy atom. The number of carbonyl (C=O) groups excluding carboxylic acids is 1. The summed E-state index contributed by atoms with van der Waals surface area (Å²) in [5.41, 5.74) is 2.24. The van der Waals surface area contributed by atoms with Crippen molar-refractivity contribution in [1.82, 2.24) is 14.7 Å². The summed E-state index contributed by atoms with van der Waals surface area (Å²) in [4.78, 5) is 15.3. The third kappa shape index (κ3) is 3.48. The fourth-order valence-electron chi connectivity index (χ4n) is 4.28. The van der Waals surface area contributed by atoms with Gasteiger partial charge in [0.05, 0.1) is 35.6 Å². The molecule has 2 aliphatic heterocycles. The first-order chi connectivity index (χ1) is 14.0. The van der Waals surface area contributed by atoms with Crippen LogP contribution in [0.2, 0.25) is 0 Å². The number of nitrogens with zero attached hydrogens (tertiary/aromatic N) is 3. The third-order valence-electron chi connectivity index (χ3n) is 5.76. The molecule has 2 aliphatic rings. The van der Waals surface area contributed by atoms with E-state index < -0.39 is 9.84 Å². The van der Waals surface area contributed by atoms with Crippen molar-refractivity contribution >= 4 is 15.7 Å². The van der Waals surface area contributed by atoms with Crippen LogP contribution in [0.15, 0.2) is 29.2 Å². The summed E-state index contributed by atoms with van der Waals surface area (Å²) in [6, 6.07) is 7.17. The lowest BCUT2D eigenvalue weighted by atomic mass is 10.0. The maximum Gasteiger partial charge on any atom is 0.274 e. The normalized spacial score (nSPS) is 18.8. The summed E-state index contributed by atoms with van der Waals surface area (Å²) in [6.45, 7) is 6.19. The van der Waals surface area contributed by atoms with Crippen LogP contribution in [0.5, 0.6) is 0 Å². The molecule has 156 valence electrons. The van der Waals surface area contributed by atoms with Crippen LogP contribution in [0.3, 0.4) is 0 Å². The topological polar surface area (TPSA) is 81.5 Å². The molecule has 0 aliphatic carbocycles. The van der Waals surface area contributed by atoms with E-state index in [1.54, 1.807) is 17.0 Å². The van der Waals surface area contributed by atoms with E-state index >= 15 is 0 Å². The van der Waals surface area contributed by atoms with Crippen LogP contribution in [0.25, 0.3) is 11.3 Å². The highest BCUT2D eigenvalue weighted by molar-refractivity contribution is 7.90. The minimum atomic E-state index is -3.52. The number of morpholine rings is 1. The number of rotatable bonds is 5. The van der Waals surface area contributed by atoms with E-state index in [2.05, 4.69) is 13.8 Å². The predicted octanol–water partition coefficient (Wildman–Crippen LogP) is 3.06. The second-order valence-corrected chi connectivity index (χ2v) is 9.59. The molecule has 2 aromatic rings. The van der Waals surface area contributed by atoms with Crippen molar-refractivity contribution in [1.29, 1.82) is 0 Å². The molecular weight excluding hydrogens is 390 g/mol. The van der Waals surface area contributed by atoms with Crippen molar-refractivity contribution in [2.24, 2.45) is 0 Å². The van der Waals surface area contributed by atoms with Gasteiger partial charge in [-0.05, 0) is 18.9 Å². The van der Waals surface area contributed by atoms with E-state index in [9.17, 15) is 13.2 Å². The number of fused-ring (bicyclic) bond motifs is 3. The summed E-state index contributed by atoms with van der Waals surface area (Å²) >= 11 is 0. The monoisotopic (exact) mass is 417 g/mol. The lowest BCUT2D eigenvalue weighted by molar-refractivity contribution is 0.0297. The van der Waals surface area contributed by atoms with Crippen LogP contribution in [-0.4, -0.2) is 55.3 Å². The Labute approximate surface area is 171 Å². The fraction of sp³-hybridized carbons (Fsp3) is 0.524. The van der Waals surface area contributed by atoms with Crippen molar-refractivity contribution in [2.45, 2.75) is 49.8 Å². The van der Waals surface area contributed by atoms with Gasteiger partial charge >= 0.3 is 0 Å². The molecule has 1 fully saturated rings. The Bertz CT molecular complexity index is 1020. The summed E-state index contributed by atoms with van der Waals surface area (Å²) < 4.78 is 33.2. The van der Waals surface area contributed by atoms with Gasteiger partial charge in [0.1, 0.15) is 0 Å². The van der Waals surface area contributed by atoms with Crippen LogP contribution in [0.4, 0.5) is 0 Å². The van der Waals surface area contributed by atoms with Crippen molar-refractivity contribution in [3.8, 4) is 11.3 Å². The first-order valence-electron chi connectivity index (χ1n) is 10.3. The van der Waals surface area contributed by atoms with Crippen molar-refractivity contribution in [3.05, 3.63) is 35.5 Å². The highest BCUT2D eigenvalue weighted by Gasteiger charge is 2.37. The van der Waals surface area contributed by atoms with Crippen LogP contribution in [-0.2, 0) is 20.3 Å². The van der Waals surface area contributed by atoms with E-state index in [4.69, 9.17) is 9.84 Å². The van der Waals surface area contributed by atoms with Gasteiger partial charge in [0.15, 0.2) is 15.5 Å². The maximum absolute atomic E-state index is 13.3. The molecular formula is C21H27N3O4S. The first kappa shape index (κ1) is 20.1. The highest BCUT2D eigenvalue weighted by atomic mass is 32.2. The van der Waals surface area contributed by atoms with Gasteiger partial charge in [0.25, 0.3) is 5.91 Å². The van der Waals surface area contributed by atoms with Crippen molar-refractivity contribution in [3.63, 3.8) is 0 Å². The van der Waals surface area contributed by atoms with Crippen LogP contribution < -0.4 is 0 Å². The Balaban J connectivity index is 1.91. The molecule has 29 heavy (non-hydrogen) atoms. The van der Waals surface area contributed by atoms with Gasteiger partial charge in [-0.3, -0.25) is 9.48 Å². The number of amides is 1. The molecule has 1 atom stereocenters. The number of sulfone groups is 1. The molecule has 3 heterocycles. The van der Waals surface area contributed by atoms with Gasteiger partial charge in [-0.1, -0.05) is 38.5 Å². The Morgan fingerprint density at radius 1 is 1.21 bits per heavy atom. The summed E-state index contributed by atoms with van der Waals surface area (Å²) in [7, 11) is -3.52. The summed E-state index contributed by atoms with van der Waals surface area (Å²) in [6.07, 6.45) is 2.77. The highest BCUT2D eigenvalue weighted by Crippen LogP contribution is 2.41. The van der Waals surface area contributed by atoms with Gasteiger partial charge < -0.3 is 9.64 Å². The Hall–Kier alpha value is -2.19. The molecule has 0 saturated carbocycles. The van der Waals surface area contributed by atoms with E-state index in [0.717, 1.165) is 25.0 Å². The van der Waals surface area contributed by atoms with Crippen molar-refractivity contribution in [2.75, 3.05) is 26.3 Å². The van der Waals surface area contributed by atoms with Crippen LogP contribution >= 0.6 is 0 Å². The molecule has 1 saturated heterocycles. The number of benzene rings is 1. The SMILES string of the molecule is CCCC(CC)n1nc(C(=O)N2CCOCC2)c2c1-c1ccccc1S(=O)(=O)C2.